The minimum atomic E-state index is -3.42. The van der Waals surface area contributed by atoms with Gasteiger partial charge in [0.15, 0.2) is 0 Å². The summed E-state index contributed by atoms with van der Waals surface area (Å²) in [6, 6.07) is 17.9. The number of hydrogen-bond donors (Lipinski definition) is 0. The van der Waals surface area contributed by atoms with Crippen molar-refractivity contribution in [3.8, 4) is 0 Å². The molecule has 2 bridgehead atoms. The van der Waals surface area contributed by atoms with Gasteiger partial charge in [0.25, 0.3) is 0 Å². The topological polar surface area (TPSA) is 60.4 Å². The first-order chi connectivity index (χ1) is 16.7. The molecule has 2 aliphatic heterocycles. The Morgan fingerprint density at radius 2 is 1.77 bits per heavy atom. The van der Waals surface area contributed by atoms with Crippen LogP contribution in [0.15, 0.2) is 59.5 Å². The first-order valence-electron chi connectivity index (χ1n) is 13.0. The van der Waals surface area contributed by atoms with E-state index in [9.17, 15) is 13.2 Å². The van der Waals surface area contributed by atoms with Crippen molar-refractivity contribution in [1.82, 2.24) is 0 Å². The second-order valence-corrected chi connectivity index (χ2v) is 16.0. The van der Waals surface area contributed by atoms with Crippen LogP contribution in [0.1, 0.15) is 51.0 Å². The number of sulfone groups is 1. The monoisotopic (exact) mass is 558 g/mol. The quantitative estimate of drug-likeness (QED) is 0.507. The number of ether oxygens (including phenoxy) is 1. The standard InChI is InChI=1S/C29H34O4SSe/c1-19-8-10-23(11-9-19)34(31,32)18-21-13-14-28-17-22(30)16-25-20(2)12-15-29(25,33-28)27(26(21)28)35-24-6-4-3-5-7-24/h3-11,20-21,25-27H,12-18H2,1-2H3/t20-,21+,25-,26+,27+,28-,29+/m1/s1. The zero-order valence-corrected chi connectivity index (χ0v) is 23.0. The van der Waals surface area contributed by atoms with Crippen molar-refractivity contribution in [2.24, 2.45) is 23.7 Å². The molecular formula is C29H34O4SSe. The van der Waals surface area contributed by atoms with Gasteiger partial charge in [0.2, 0.25) is 0 Å². The molecule has 0 aromatic heterocycles. The maximum atomic E-state index is 13.6. The van der Waals surface area contributed by atoms with E-state index in [0.29, 0.717) is 34.3 Å². The molecule has 4 nitrogen and oxygen atoms in total. The van der Waals surface area contributed by atoms with E-state index in [4.69, 9.17) is 4.74 Å². The van der Waals surface area contributed by atoms with Crippen LogP contribution in [0.2, 0.25) is 4.82 Å². The number of carbonyl (C=O) groups excluding carboxylic acids is 1. The van der Waals surface area contributed by atoms with Crippen LogP contribution in [0.5, 0.6) is 0 Å². The van der Waals surface area contributed by atoms with Gasteiger partial charge in [-0.1, -0.05) is 0 Å². The molecule has 0 N–H and O–H groups in total. The van der Waals surface area contributed by atoms with Gasteiger partial charge < -0.3 is 0 Å². The summed E-state index contributed by atoms with van der Waals surface area (Å²) in [6.07, 6.45) is 4.81. The fourth-order valence-electron chi connectivity index (χ4n) is 7.79. The number of rotatable bonds is 5. The fraction of sp³-hybridized carbons (Fsp3) is 0.552. The predicted octanol–water partition coefficient (Wildman–Crippen LogP) is 4.53. The average molecular weight is 558 g/mol. The minimum absolute atomic E-state index is 0.0266. The third-order valence-electron chi connectivity index (χ3n) is 9.32. The number of hydrogen-bond acceptors (Lipinski definition) is 4. The van der Waals surface area contributed by atoms with Crippen molar-refractivity contribution in [3.63, 3.8) is 0 Å². The zero-order valence-electron chi connectivity index (χ0n) is 20.5. The molecule has 6 heteroatoms. The van der Waals surface area contributed by atoms with Gasteiger partial charge in [0.1, 0.15) is 0 Å². The van der Waals surface area contributed by atoms with E-state index in [1.165, 1.54) is 4.46 Å². The Hall–Kier alpha value is -1.46. The molecule has 2 aliphatic carbocycles. The average Bonchev–Trinajstić information content (AvgIpc) is 3.36. The first kappa shape index (κ1) is 23.9. The molecule has 2 heterocycles. The van der Waals surface area contributed by atoms with Gasteiger partial charge in [-0.15, -0.1) is 0 Å². The fourth-order valence-corrected chi connectivity index (χ4v) is 13.2. The number of ketones is 1. The first-order valence-corrected chi connectivity index (χ1v) is 16.5. The molecular weight excluding hydrogens is 523 g/mol. The zero-order chi connectivity index (χ0) is 24.4. The van der Waals surface area contributed by atoms with Gasteiger partial charge in [-0.2, -0.15) is 0 Å². The molecule has 7 atom stereocenters. The molecule has 6 rings (SSSR count). The van der Waals surface area contributed by atoms with Crippen molar-refractivity contribution in [3.05, 3.63) is 60.2 Å². The van der Waals surface area contributed by atoms with Gasteiger partial charge in [0, 0.05) is 0 Å². The summed E-state index contributed by atoms with van der Waals surface area (Å²) < 4.78 is 35.7. The van der Waals surface area contributed by atoms with Crippen molar-refractivity contribution in [1.29, 1.82) is 0 Å². The third-order valence-corrected chi connectivity index (χ3v) is 14.3. The Morgan fingerprint density at radius 1 is 1.03 bits per heavy atom. The van der Waals surface area contributed by atoms with Gasteiger partial charge >= 0.3 is 216 Å². The van der Waals surface area contributed by atoms with Crippen molar-refractivity contribution >= 4 is 35.0 Å². The Bertz CT molecular complexity index is 1230. The molecule has 2 saturated heterocycles. The molecule has 2 aromatic carbocycles. The summed E-state index contributed by atoms with van der Waals surface area (Å²) in [5, 5.41) is 0. The number of Topliss-reactive ketones (excluding diaryl/α,β-unsaturated/α-hetero) is 1. The van der Waals surface area contributed by atoms with Gasteiger partial charge in [-0.3, -0.25) is 0 Å². The molecule has 0 amide bonds. The Morgan fingerprint density at radius 3 is 2.51 bits per heavy atom. The van der Waals surface area contributed by atoms with Gasteiger partial charge in [0.05, 0.1) is 0 Å². The molecule has 186 valence electrons. The molecule has 0 radical (unpaired) electrons. The van der Waals surface area contributed by atoms with Gasteiger partial charge in [-0.25, -0.2) is 0 Å². The van der Waals surface area contributed by atoms with E-state index in [2.05, 4.69) is 37.3 Å². The van der Waals surface area contributed by atoms with Crippen LogP contribution in [0, 0.1) is 30.6 Å². The van der Waals surface area contributed by atoms with Gasteiger partial charge in [-0.05, 0) is 0 Å². The van der Waals surface area contributed by atoms with E-state index in [1.54, 1.807) is 12.1 Å². The normalized spacial score (nSPS) is 38.2. The van der Waals surface area contributed by atoms with E-state index in [1.807, 2.05) is 19.1 Å². The second-order valence-electron chi connectivity index (χ2n) is 11.4. The molecule has 4 fully saturated rings. The van der Waals surface area contributed by atoms with Crippen LogP contribution in [0.4, 0.5) is 0 Å². The van der Waals surface area contributed by atoms with Crippen LogP contribution in [0.25, 0.3) is 0 Å². The van der Waals surface area contributed by atoms with Crippen LogP contribution < -0.4 is 4.46 Å². The van der Waals surface area contributed by atoms with Crippen molar-refractivity contribution < 1.29 is 17.9 Å². The molecule has 35 heavy (non-hydrogen) atoms. The number of benzene rings is 2. The summed E-state index contributed by atoms with van der Waals surface area (Å²) in [5.74, 6) is 1.35. The van der Waals surface area contributed by atoms with Crippen LogP contribution >= 0.6 is 0 Å². The Kier molecular flexibility index (Phi) is 5.84. The van der Waals surface area contributed by atoms with Crippen molar-refractivity contribution in [2.45, 2.75) is 73.3 Å². The Balaban J connectivity index is 1.41. The summed E-state index contributed by atoms with van der Waals surface area (Å²) in [6.45, 7) is 4.26. The molecule has 4 aliphatic rings. The summed E-state index contributed by atoms with van der Waals surface area (Å²) >= 11 is 0.159. The SMILES string of the molecule is Cc1ccc(S(=O)(=O)C[C@@H]2CC[C@]34CC(=O)C[C@@H]5[C@H](C)CC[C@@]5(O3)[C@@H]([Se]c3ccccc3)[C@H]24)cc1. The molecule has 2 spiro atoms. The van der Waals surface area contributed by atoms with Crippen LogP contribution in [-0.4, -0.2) is 46.1 Å². The summed E-state index contributed by atoms with van der Waals surface area (Å²) in [7, 11) is -3.42. The summed E-state index contributed by atoms with van der Waals surface area (Å²) in [5.41, 5.74) is 0.297. The second kappa shape index (κ2) is 8.55. The third kappa shape index (κ3) is 3.87. The maximum absolute atomic E-state index is 13.6. The van der Waals surface area contributed by atoms with Crippen molar-refractivity contribution in [2.75, 3.05) is 5.75 Å². The predicted molar refractivity (Wildman–Crippen MR) is 138 cm³/mol. The van der Waals surface area contributed by atoms with E-state index < -0.39 is 15.4 Å². The van der Waals surface area contributed by atoms with E-state index in [-0.39, 0.29) is 44.1 Å². The Labute approximate surface area is 215 Å². The van der Waals surface area contributed by atoms with Crippen LogP contribution in [0.3, 0.4) is 0 Å². The molecule has 0 unspecified atom stereocenters. The van der Waals surface area contributed by atoms with E-state index in [0.717, 1.165) is 31.2 Å². The summed E-state index contributed by atoms with van der Waals surface area (Å²) in [4.78, 5) is 13.9. The number of aryl methyl sites for hydroxylation is 1. The molecule has 2 saturated carbocycles. The van der Waals surface area contributed by atoms with Crippen LogP contribution in [-0.2, 0) is 19.4 Å². The van der Waals surface area contributed by atoms with E-state index >= 15 is 0 Å². The molecule has 2 aromatic rings. The number of carbonyl (C=O) groups is 1.